The zero-order valence-electron chi connectivity index (χ0n) is 11.6. The van der Waals surface area contributed by atoms with E-state index in [1.807, 2.05) is 0 Å². The Morgan fingerprint density at radius 3 is 2.75 bits per heavy atom. The van der Waals surface area contributed by atoms with E-state index < -0.39 is 0 Å². The fourth-order valence-electron chi connectivity index (χ4n) is 2.66. The van der Waals surface area contributed by atoms with Crippen molar-refractivity contribution in [1.82, 2.24) is 24.8 Å². The number of nitrogens with zero attached hydrogens (tertiary/aromatic N) is 5. The third-order valence-corrected chi connectivity index (χ3v) is 3.80. The predicted molar refractivity (Wildman–Crippen MR) is 78.6 cm³/mol. The number of aromatic amines is 1. The number of imidazole rings is 1. The maximum absolute atomic E-state index is 5.53. The van der Waals surface area contributed by atoms with Crippen LogP contribution in [0.3, 0.4) is 0 Å². The first-order chi connectivity index (χ1) is 9.88. The summed E-state index contributed by atoms with van der Waals surface area (Å²) in [7, 11) is 0. The summed E-state index contributed by atoms with van der Waals surface area (Å²) in [5, 5.41) is 0. The molecule has 0 bridgehead atoms. The summed E-state index contributed by atoms with van der Waals surface area (Å²) in [6.45, 7) is 6.07. The first-order valence-electron chi connectivity index (χ1n) is 7.20. The van der Waals surface area contributed by atoms with E-state index in [2.05, 4.69) is 29.7 Å². The minimum absolute atomic E-state index is 0.736. The van der Waals surface area contributed by atoms with Crippen molar-refractivity contribution in [1.29, 1.82) is 0 Å². The van der Waals surface area contributed by atoms with Crippen LogP contribution in [0.25, 0.3) is 11.2 Å². The Kier molecular flexibility index (Phi) is 4.08. The van der Waals surface area contributed by atoms with Crippen molar-refractivity contribution in [2.45, 2.75) is 12.8 Å². The number of hydrogen-bond donors (Lipinski definition) is 2. The van der Waals surface area contributed by atoms with Gasteiger partial charge in [0.2, 0.25) is 0 Å². The summed E-state index contributed by atoms with van der Waals surface area (Å²) in [6, 6.07) is 0. The van der Waals surface area contributed by atoms with Crippen molar-refractivity contribution in [3.05, 3.63) is 12.7 Å². The molecule has 0 aromatic carbocycles. The number of fused-ring (bicyclic) bond motifs is 1. The number of hydrogen-bond acceptors (Lipinski definition) is 6. The fourth-order valence-corrected chi connectivity index (χ4v) is 2.66. The Morgan fingerprint density at radius 2 is 1.95 bits per heavy atom. The number of anilines is 1. The highest BCUT2D eigenvalue weighted by molar-refractivity contribution is 5.82. The molecular weight excluding hydrogens is 254 g/mol. The monoisotopic (exact) mass is 275 g/mol. The largest absolute Gasteiger partial charge is 0.352 e. The van der Waals surface area contributed by atoms with Crippen LogP contribution in [0.15, 0.2) is 12.7 Å². The van der Waals surface area contributed by atoms with E-state index in [4.69, 9.17) is 5.73 Å². The smallest absolute Gasteiger partial charge is 0.182 e. The summed E-state index contributed by atoms with van der Waals surface area (Å²) in [5.41, 5.74) is 7.21. The number of rotatable bonds is 5. The van der Waals surface area contributed by atoms with Gasteiger partial charge in [-0.15, -0.1) is 0 Å². The zero-order chi connectivity index (χ0) is 13.8. The molecule has 7 heteroatoms. The zero-order valence-corrected chi connectivity index (χ0v) is 11.6. The lowest BCUT2D eigenvalue weighted by Crippen LogP contribution is -2.47. The van der Waals surface area contributed by atoms with E-state index >= 15 is 0 Å². The molecule has 0 aliphatic carbocycles. The highest BCUT2D eigenvalue weighted by Crippen LogP contribution is 2.20. The lowest BCUT2D eigenvalue weighted by molar-refractivity contribution is 0.253. The molecule has 2 aromatic rings. The van der Waals surface area contributed by atoms with Crippen molar-refractivity contribution in [2.75, 3.05) is 44.2 Å². The van der Waals surface area contributed by atoms with Gasteiger partial charge in [-0.1, -0.05) is 0 Å². The molecule has 3 rings (SSSR count). The van der Waals surface area contributed by atoms with Gasteiger partial charge >= 0.3 is 0 Å². The normalized spacial score (nSPS) is 16.9. The molecule has 0 saturated carbocycles. The average molecular weight is 275 g/mol. The molecule has 0 unspecified atom stereocenters. The SMILES string of the molecule is NCCCCN1CCN(c2ncnc3nc[nH]c23)CC1. The van der Waals surface area contributed by atoms with Crippen LogP contribution >= 0.6 is 0 Å². The van der Waals surface area contributed by atoms with Gasteiger partial charge in [0.15, 0.2) is 11.5 Å². The van der Waals surface area contributed by atoms with E-state index in [-0.39, 0.29) is 0 Å². The minimum Gasteiger partial charge on any atom is -0.352 e. The van der Waals surface area contributed by atoms with Crippen molar-refractivity contribution in [2.24, 2.45) is 5.73 Å². The molecule has 108 valence electrons. The third-order valence-electron chi connectivity index (χ3n) is 3.80. The second-order valence-electron chi connectivity index (χ2n) is 5.12. The Bertz CT molecular complexity index is 544. The molecule has 1 saturated heterocycles. The van der Waals surface area contributed by atoms with Crippen LogP contribution in [0.4, 0.5) is 5.82 Å². The number of aromatic nitrogens is 4. The Balaban J connectivity index is 1.62. The number of H-pyrrole nitrogens is 1. The third kappa shape index (κ3) is 2.73. The molecule has 7 nitrogen and oxygen atoms in total. The van der Waals surface area contributed by atoms with Crippen LogP contribution in [-0.4, -0.2) is 64.1 Å². The Hall–Kier alpha value is -1.73. The molecule has 0 radical (unpaired) electrons. The molecule has 0 amide bonds. The molecule has 1 aliphatic rings. The molecular formula is C13H21N7. The molecule has 20 heavy (non-hydrogen) atoms. The summed E-state index contributed by atoms with van der Waals surface area (Å²) in [4.78, 5) is 20.7. The van der Waals surface area contributed by atoms with E-state index in [1.54, 1.807) is 12.7 Å². The van der Waals surface area contributed by atoms with Gasteiger partial charge in [-0.2, -0.15) is 0 Å². The van der Waals surface area contributed by atoms with Gasteiger partial charge in [0.1, 0.15) is 11.8 Å². The van der Waals surface area contributed by atoms with Crippen molar-refractivity contribution < 1.29 is 0 Å². The molecule has 2 aromatic heterocycles. The second kappa shape index (κ2) is 6.15. The molecule has 1 fully saturated rings. The van der Waals surface area contributed by atoms with Crippen LogP contribution in [0.2, 0.25) is 0 Å². The number of unbranched alkanes of at least 4 members (excludes halogenated alkanes) is 1. The van der Waals surface area contributed by atoms with Gasteiger partial charge in [-0.25, -0.2) is 15.0 Å². The van der Waals surface area contributed by atoms with E-state index in [1.165, 1.54) is 6.42 Å². The van der Waals surface area contributed by atoms with Gasteiger partial charge in [0.05, 0.1) is 6.33 Å². The van der Waals surface area contributed by atoms with Gasteiger partial charge in [-0.05, 0) is 25.9 Å². The van der Waals surface area contributed by atoms with Gasteiger partial charge < -0.3 is 15.6 Å². The van der Waals surface area contributed by atoms with E-state index in [0.717, 1.165) is 62.7 Å². The first kappa shape index (κ1) is 13.3. The summed E-state index contributed by atoms with van der Waals surface area (Å²) in [5.74, 6) is 0.967. The molecule has 3 N–H and O–H groups in total. The Labute approximate surface area is 118 Å². The predicted octanol–water partition coefficient (Wildman–Crippen LogP) is 0.214. The lowest BCUT2D eigenvalue weighted by atomic mass is 10.2. The molecule has 3 heterocycles. The fraction of sp³-hybridized carbons (Fsp3) is 0.615. The maximum Gasteiger partial charge on any atom is 0.182 e. The van der Waals surface area contributed by atoms with Gasteiger partial charge in [0, 0.05) is 26.2 Å². The van der Waals surface area contributed by atoms with Crippen LogP contribution in [-0.2, 0) is 0 Å². The van der Waals surface area contributed by atoms with Gasteiger partial charge in [-0.3, -0.25) is 4.90 Å². The first-order valence-corrected chi connectivity index (χ1v) is 7.20. The van der Waals surface area contributed by atoms with Crippen LogP contribution in [0, 0.1) is 0 Å². The summed E-state index contributed by atoms with van der Waals surface area (Å²) in [6.07, 6.45) is 5.56. The molecule has 1 aliphatic heterocycles. The van der Waals surface area contributed by atoms with Crippen LogP contribution in [0.5, 0.6) is 0 Å². The summed E-state index contributed by atoms with van der Waals surface area (Å²) >= 11 is 0. The number of piperazine rings is 1. The van der Waals surface area contributed by atoms with Crippen molar-refractivity contribution >= 4 is 17.0 Å². The van der Waals surface area contributed by atoms with Crippen LogP contribution in [0.1, 0.15) is 12.8 Å². The van der Waals surface area contributed by atoms with Gasteiger partial charge in [0.25, 0.3) is 0 Å². The average Bonchev–Trinajstić information content (AvgIpc) is 2.97. The quantitative estimate of drug-likeness (QED) is 0.759. The standard InChI is InChI=1S/C13H21N7/c14-3-1-2-4-19-5-7-20(8-6-19)13-11-12(16-9-15-11)17-10-18-13/h9-10H,1-8,14H2,(H,15,16,17,18). The Morgan fingerprint density at radius 1 is 1.10 bits per heavy atom. The van der Waals surface area contributed by atoms with Crippen LogP contribution < -0.4 is 10.6 Å². The van der Waals surface area contributed by atoms with E-state index in [9.17, 15) is 0 Å². The lowest BCUT2D eigenvalue weighted by Gasteiger charge is -2.35. The maximum atomic E-state index is 5.53. The highest BCUT2D eigenvalue weighted by Gasteiger charge is 2.20. The second-order valence-corrected chi connectivity index (χ2v) is 5.12. The number of nitrogens with two attached hydrogens (primary N) is 1. The minimum atomic E-state index is 0.736. The molecule has 0 atom stereocenters. The molecule has 0 spiro atoms. The highest BCUT2D eigenvalue weighted by atomic mass is 15.3. The topological polar surface area (TPSA) is 87.0 Å². The van der Waals surface area contributed by atoms with Crippen molar-refractivity contribution in [3.8, 4) is 0 Å². The van der Waals surface area contributed by atoms with E-state index in [0.29, 0.717) is 0 Å². The van der Waals surface area contributed by atoms with Crippen molar-refractivity contribution in [3.63, 3.8) is 0 Å². The summed E-state index contributed by atoms with van der Waals surface area (Å²) < 4.78 is 0. The number of nitrogens with one attached hydrogen (secondary N) is 1.